The van der Waals surface area contributed by atoms with Crippen molar-refractivity contribution in [3.8, 4) is 17.2 Å². The summed E-state index contributed by atoms with van der Waals surface area (Å²) in [6, 6.07) is 7.74. The van der Waals surface area contributed by atoms with Gasteiger partial charge in [0.25, 0.3) is 5.69 Å². The van der Waals surface area contributed by atoms with Crippen molar-refractivity contribution in [2.45, 2.75) is 0 Å². The number of nitrogens with zero attached hydrogens (tertiary/aromatic N) is 1. The van der Waals surface area contributed by atoms with E-state index >= 15 is 0 Å². The summed E-state index contributed by atoms with van der Waals surface area (Å²) in [5, 5.41) is 10.6. The van der Waals surface area contributed by atoms with Crippen LogP contribution in [0.4, 0.5) is 5.69 Å². The lowest BCUT2D eigenvalue weighted by Gasteiger charge is -2.13. The zero-order valence-electron chi connectivity index (χ0n) is 12.8. The Hall–Kier alpha value is -3.42. The van der Waals surface area contributed by atoms with Gasteiger partial charge in [0, 0.05) is 17.7 Å². The topological polar surface area (TPSA) is 105 Å². The number of esters is 1. The van der Waals surface area contributed by atoms with Crippen LogP contribution < -0.4 is 14.2 Å². The number of carbonyl (C=O) groups is 2. The van der Waals surface area contributed by atoms with Crippen molar-refractivity contribution in [3.05, 3.63) is 57.6 Å². The van der Waals surface area contributed by atoms with Crippen LogP contribution in [-0.4, -0.2) is 31.4 Å². The average molecular weight is 331 g/mol. The molecule has 0 saturated carbocycles. The number of non-ortho nitro benzene ring substituents is 1. The summed E-state index contributed by atoms with van der Waals surface area (Å²) in [7, 11) is 2.71. The minimum absolute atomic E-state index is 0.00829. The van der Waals surface area contributed by atoms with Crippen LogP contribution in [0.5, 0.6) is 17.2 Å². The summed E-state index contributed by atoms with van der Waals surface area (Å²) in [5.74, 6) is -0.451. The van der Waals surface area contributed by atoms with Gasteiger partial charge >= 0.3 is 5.97 Å². The second-order valence-electron chi connectivity index (χ2n) is 4.57. The summed E-state index contributed by atoms with van der Waals surface area (Å²) < 4.78 is 15.5. The monoisotopic (exact) mass is 331 g/mol. The summed E-state index contributed by atoms with van der Waals surface area (Å²) >= 11 is 0. The Kier molecular flexibility index (Phi) is 5.10. The number of hydrogen-bond acceptors (Lipinski definition) is 7. The predicted molar refractivity (Wildman–Crippen MR) is 83.0 cm³/mol. The molecular weight excluding hydrogens is 318 g/mol. The van der Waals surface area contributed by atoms with Crippen molar-refractivity contribution in [1.29, 1.82) is 0 Å². The van der Waals surface area contributed by atoms with Crippen molar-refractivity contribution < 1.29 is 28.7 Å². The van der Waals surface area contributed by atoms with E-state index < -0.39 is 10.9 Å². The Bertz CT molecular complexity index is 759. The molecule has 8 nitrogen and oxygen atoms in total. The molecule has 24 heavy (non-hydrogen) atoms. The van der Waals surface area contributed by atoms with E-state index in [0.29, 0.717) is 11.8 Å². The van der Waals surface area contributed by atoms with Crippen LogP contribution >= 0.6 is 0 Å². The largest absolute Gasteiger partial charge is 0.493 e. The molecular formula is C16H13NO7. The lowest BCUT2D eigenvalue weighted by Crippen LogP contribution is -2.10. The molecule has 2 aromatic carbocycles. The Balaban J connectivity index is 2.34. The highest BCUT2D eigenvalue weighted by Gasteiger charge is 2.19. The van der Waals surface area contributed by atoms with Crippen molar-refractivity contribution in [1.82, 2.24) is 0 Å². The molecule has 0 atom stereocenters. The molecule has 0 fully saturated rings. The van der Waals surface area contributed by atoms with Crippen molar-refractivity contribution in [2.24, 2.45) is 0 Å². The fourth-order valence-corrected chi connectivity index (χ4v) is 1.94. The molecule has 2 aromatic rings. The van der Waals surface area contributed by atoms with E-state index in [2.05, 4.69) is 0 Å². The van der Waals surface area contributed by atoms with E-state index in [0.717, 1.165) is 0 Å². The number of methoxy groups -OCH3 is 2. The van der Waals surface area contributed by atoms with E-state index in [-0.39, 0.29) is 28.5 Å². The molecule has 0 heterocycles. The van der Waals surface area contributed by atoms with E-state index in [1.54, 1.807) is 0 Å². The molecule has 0 amide bonds. The van der Waals surface area contributed by atoms with Gasteiger partial charge in [-0.3, -0.25) is 14.9 Å². The van der Waals surface area contributed by atoms with Gasteiger partial charge in [-0.2, -0.15) is 0 Å². The highest BCUT2D eigenvalue weighted by atomic mass is 16.6. The van der Waals surface area contributed by atoms with Crippen LogP contribution in [0.3, 0.4) is 0 Å². The molecule has 0 bridgehead atoms. The van der Waals surface area contributed by atoms with Crippen LogP contribution in [0.2, 0.25) is 0 Å². The van der Waals surface area contributed by atoms with E-state index in [1.165, 1.54) is 50.6 Å². The Morgan fingerprint density at radius 2 is 1.62 bits per heavy atom. The van der Waals surface area contributed by atoms with E-state index in [9.17, 15) is 19.7 Å². The quantitative estimate of drug-likeness (QED) is 0.263. The number of aldehydes is 1. The van der Waals surface area contributed by atoms with Gasteiger partial charge in [-0.05, 0) is 24.3 Å². The summed E-state index contributed by atoms with van der Waals surface area (Å²) in [6.07, 6.45) is 0.604. The van der Waals surface area contributed by atoms with Gasteiger partial charge in [-0.25, -0.2) is 4.79 Å². The Labute approximate surface area is 136 Å². The maximum atomic E-state index is 12.2. The first-order chi connectivity index (χ1) is 11.5. The minimum Gasteiger partial charge on any atom is -0.493 e. The molecule has 0 N–H and O–H groups in total. The second kappa shape index (κ2) is 7.23. The Morgan fingerprint density at radius 1 is 1.08 bits per heavy atom. The molecule has 8 heteroatoms. The lowest BCUT2D eigenvalue weighted by atomic mass is 10.2. The van der Waals surface area contributed by atoms with Crippen molar-refractivity contribution in [3.63, 3.8) is 0 Å². The van der Waals surface area contributed by atoms with E-state index in [1.807, 2.05) is 0 Å². The lowest BCUT2D eigenvalue weighted by molar-refractivity contribution is -0.384. The number of hydrogen-bond donors (Lipinski definition) is 0. The van der Waals surface area contributed by atoms with Gasteiger partial charge in [-0.1, -0.05) is 0 Å². The fourth-order valence-electron chi connectivity index (χ4n) is 1.94. The molecule has 2 rings (SSSR count). The molecule has 124 valence electrons. The van der Waals surface area contributed by atoms with Gasteiger partial charge in [0.05, 0.1) is 24.7 Å². The Morgan fingerprint density at radius 3 is 2.04 bits per heavy atom. The van der Waals surface area contributed by atoms with E-state index in [4.69, 9.17) is 14.2 Å². The zero-order valence-corrected chi connectivity index (χ0v) is 12.8. The van der Waals surface area contributed by atoms with Crippen LogP contribution in [0.1, 0.15) is 20.7 Å². The standard InChI is InChI=1S/C16H13NO7/c1-22-13-7-10(9-18)8-14(23-2)15(13)24-16(19)11-3-5-12(6-4-11)17(20)21/h3-9H,1-2H3. The van der Waals surface area contributed by atoms with Crippen molar-refractivity contribution >= 4 is 17.9 Å². The van der Waals surface area contributed by atoms with Gasteiger partial charge in [0.15, 0.2) is 11.5 Å². The summed E-state index contributed by atoms with van der Waals surface area (Å²) in [6.45, 7) is 0. The highest BCUT2D eigenvalue weighted by molar-refractivity contribution is 5.92. The maximum absolute atomic E-state index is 12.2. The first-order valence-corrected chi connectivity index (χ1v) is 6.68. The van der Waals surface area contributed by atoms with Crippen LogP contribution in [0.25, 0.3) is 0 Å². The number of nitro benzene ring substituents is 1. The number of benzene rings is 2. The number of carbonyl (C=O) groups excluding carboxylic acids is 2. The molecule has 0 unspecified atom stereocenters. The predicted octanol–water partition coefficient (Wildman–Crippen LogP) is 2.64. The second-order valence-corrected chi connectivity index (χ2v) is 4.57. The third kappa shape index (κ3) is 3.49. The minimum atomic E-state index is -0.750. The molecule has 0 aliphatic carbocycles. The normalized spacial score (nSPS) is 9.92. The van der Waals surface area contributed by atoms with Gasteiger partial charge < -0.3 is 14.2 Å². The van der Waals surface area contributed by atoms with Gasteiger partial charge in [-0.15, -0.1) is 0 Å². The number of ether oxygens (including phenoxy) is 3. The number of rotatable bonds is 6. The SMILES string of the molecule is COc1cc(C=O)cc(OC)c1OC(=O)c1ccc([N+](=O)[O-])cc1. The molecule has 0 aliphatic rings. The number of nitro groups is 1. The third-order valence-corrected chi connectivity index (χ3v) is 3.13. The average Bonchev–Trinajstić information content (AvgIpc) is 2.61. The third-order valence-electron chi connectivity index (χ3n) is 3.13. The maximum Gasteiger partial charge on any atom is 0.343 e. The molecule has 0 spiro atoms. The zero-order chi connectivity index (χ0) is 17.7. The van der Waals surface area contributed by atoms with Crippen LogP contribution in [-0.2, 0) is 0 Å². The first-order valence-electron chi connectivity index (χ1n) is 6.68. The summed E-state index contributed by atoms with van der Waals surface area (Å²) in [4.78, 5) is 33.2. The molecule has 0 aliphatic heterocycles. The molecule has 0 radical (unpaired) electrons. The fraction of sp³-hybridized carbons (Fsp3) is 0.125. The smallest absolute Gasteiger partial charge is 0.343 e. The van der Waals surface area contributed by atoms with Crippen LogP contribution in [0, 0.1) is 10.1 Å². The first kappa shape index (κ1) is 16.9. The molecule has 0 saturated heterocycles. The van der Waals surface area contributed by atoms with Crippen molar-refractivity contribution in [2.75, 3.05) is 14.2 Å². The summed E-state index contributed by atoms with van der Waals surface area (Å²) in [5.41, 5.74) is 0.264. The molecule has 0 aromatic heterocycles. The van der Waals surface area contributed by atoms with Crippen LogP contribution in [0.15, 0.2) is 36.4 Å². The van der Waals surface area contributed by atoms with Gasteiger partial charge in [0.2, 0.25) is 5.75 Å². The van der Waals surface area contributed by atoms with Gasteiger partial charge in [0.1, 0.15) is 6.29 Å². The highest BCUT2D eigenvalue weighted by Crippen LogP contribution is 2.38.